The van der Waals surface area contributed by atoms with E-state index in [0.717, 1.165) is 44.5 Å². The van der Waals surface area contributed by atoms with Crippen LogP contribution in [0.25, 0.3) is 11.1 Å². The van der Waals surface area contributed by atoms with Crippen LogP contribution in [0.15, 0.2) is 84.9 Å². The van der Waals surface area contributed by atoms with Crippen LogP contribution in [-0.2, 0) is 12.0 Å². The van der Waals surface area contributed by atoms with E-state index in [1.165, 1.54) is 16.7 Å². The lowest BCUT2D eigenvalue weighted by molar-refractivity contribution is -0.150. The number of hydrogen-bond donors (Lipinski definition) is 1. The molecule has 162 valence electrons. The molecule has 0 aliphatic carbocycles. The molecule has 1 unspecified atom stereocenters. The van der Waals surface area contributed by atoms with Crippen molar-refractivity contribution in [2.75, 3.05) is 19.6 Å². The lowest BCUT2D eigenvalue weighted by atomic mass is 9.57. The molecule has 6 rings (SSSR count). The standard InChI is InChI=1S/C27H29NO.C2H6/c29-27(21-22-7-3-1-4-8-22,26-15-18-28(19-16-26)20-17-26)25-13-11-24(12-14-25)23-9-5-2-6-10-23;1-2/h1-14,29H,15-21H2;1-2H3. The highest BCUT2D eigenvalue weighted by Crippen LogP contribution is 2.54. The van der Waals surface area contributed by atoms with Crippen molar-refractivity contribution in [2.45, 2.75) is 45.1 Å². The van der Waals surface area contributed by atoms with E-state index in [1.54, 1.807) is 0 Å². The molecule has 2 bridgehead atoms. The molecule has 0 saturated carbocycles. The number of rotatable bonds is 5. The first-order chi connectivity index (χ1) is 15.2. The minimum atomic E-state index is -0.837. The summed E-state index contributed by atoms with van der Waals surface area (Å²) in [6.07, 6.45) is 3.92. The van der Waals surface area contributed by atoms with E-state index in [9.17, 15) is 5.11 Å². The number of nitrogens with zero attached hydrogens (tertiary/aromatic N) is 1. The van der Waals surface area contributed by atoms with Crippen molar-refractivity contribution in [3.05, 3.63) is 96.1 Å². The number of hydrogen-bond acceptors (Lipinski definition) is 2. The lowest BCUT2D eigenvalue weighted by Crippen LogP contribution is -2.58. The van der Waals surface area contributed by atoms with Crippen LogP contribution in [0, 0.1) is 5.41 Å². The van der Waals surface area contributed by atoms with Gasteiger partial charge in [-0.2, -0.15) is 0 Å². The summed E-state index contributed by atoms with van der Waals surface area (Å²) in [6, 6.07) is 29.7. The Labute approximate surface area is 187 Å². The van der Waals surface area contributed by atoms with Gasteiger partial charge < -0.3 is 10.0 Å². The van der Waals surface area contributed by atoms with Gasteiger partial charge in [0.15, 0.2) is 0 Å². The molecular weight excluding hydrogens is 378 g/mol. The molecule has 3 heterocycles. The Kier molecular flexibility index (Phi) is 6.60. The van der Waals surface area contributed by atoms with Crippen LogP contribution < -0.4 is 0 Å². The Morgan fingerprint density at radius 1 is 0.710 bits per heavy atom. The minimum absolute atomic E-state index is 0.0359. The molecule has 0 amide bonds. The second-order valence-electron chi connectivity index (χ2n) is 8.84. The van der Waals surface area contributed by atoms with E-state index >= 15 is 0 Å². The molecule has 31 heavy (non-hydrogen) atoms. The number of benzene rings is 3. The van der Waals surface area contributed by atoms with Crippen LogP contribution in [-0.4, -0.2) is 29.6 Å². The van der Waals surface area contributed by atoms with Crippen LogP contribution in [0.1, 0.15) is 44.2 Å². The highest BCUT2D eigenvalue weighted by atomic mass is 16.3. The zero-order valence-electron chi connectivity index (χ0n) is 18.9. The average Bonchev–Trinajstić information content (AvgIpc) is 2.87. The summed E-state index contributed by atoms with van der Waals surface area (Å²) in [5.74, 6) is 0. The van der Waals surface area contributed by atoms with Gasteiger partial charge in [-0.05, 0) is 61.2 Å². The van der Waals surface area contributed by atoms with Crippen molar-refractivity contribution >= 4 is 0 Å². The molecule has 3 aliphatic rings. The topological polar surface area (TPSA) is 23.5 Å². The molecular formula is C29H35NO. The van der Waals surface area contributed by atoms with Gasteiger partial charge in [0, 0.05) is 11.8 Å². The molecule has 3 fully saturated rings. The van der Waals surface area contributed by atoms with E-state index in [-0.39, 0.29) is 5.41 Å². The summed E-state index contributed by atoms with van der Waals surface area (Å²) in [6.45, 7) is 7.33. The fourth-order valence-corrected chi connectivity index (χ4v) is 5.50. The van der Waals surface area contributed by atoms with E-state index in [2.05, 4.69) is 83.8 Å². The number of piperidine rings is 3. The molecule has 3 aromatic rings. The Morgan fingerprint density at radius 2 is 1.19 bits per heavy atom. The summed E-state index contributed by atoms with van der Waals surface area (Å²) in [5.41, 5.74) is 3.82. The van der Waals surface area contributed by atoms with Gasteiger partial charge in [-0.1, -0.05) is 98.8 Å². The molecule has 3 aromatic carbocycles. The van der Waals surface area contributed by atoms with Crippen LogP contribution in [0.3, 0.4) is 0 Å². The smallest absolute Gasteiger partial charge is 0.0993 e. The molecule has 3 saturated heterocycles. The third-order valence-corrected chi connectivity index (χ3v) is 7.37. The van der Waals surface area contributed by atoms with Gasteiger partial charge in [0.1, 0.15) is 0 Å². The van der Waals surface area contributed by atoms with E-state index in [1.807, 2.05) is 19.9 Å². The molecule has 0 aromatic heterocycles. The Morgan fingerprint density at radius 3 is 1.74 bits per heavy atom. The van der Waals surface area contributed by atoms with E-state index in [0.29, 0.717) is 6.42 Å². The van der Waals surface area contributed by atoms with Crippen LogP contribution >= 0.6 is 0 Å². The fourth-order valence-electron chi connectivity index (χ4n) is 5.50. The molecule has 3 aliphatic heterocycles. The van der Waals surface area contributed by atoms with Crippen molar-refractivity contribution < 1.29 is 5.11 Å². The van der Waals surface area contributed by atoms with Gasteiger partial charge in [0.05, 0.1) is 5.60 Å². The van der Waals surface area contributed by atoms with E-state index in [4.69, 9.17) is 0 Å². The molecule has 0 radical (unpaired) electrons. The zero-order valence-corrected chi connectivity index (χ0v) is 18.9. The first kappa shape index (κ1) is 21.8. The molecule has 2 heteroatoms. The van der Waals surface area contributed by atoms with Gasteiger partial charge >= 0.3 is 0 Å². The van der Waals surface area contributed by atoms with E-state index < -0.39 is 5.60 Å². The molecule has 2 nitrogen and oxygen atoms in total. The normalized spacial score (nSPS) is 24.0. The van der Waals surface area contributed by atoms with Crippen molar-refractivity contribution in [3.63, 3.8) is 0 Å². The van der Waals surface area contributed by atoms with Gasteiger partial charge in [-0.25, -0.2) is 0 Å². The van der Waals surface area contributed by atoms with Crippen molar-refractivity contribution in [1.29, 1.82) is 0 Å². The van der Waals surface area contributed by atoms with Crippen LogP contribution in [0.5, 0.6) is 0 Å². The summed E-state index contributed by atoms with van der Waals surface area (Å²) < 4.78 is 0. The van der Waals surface area contributed by atoms with Gasteiger partial charge in [0.25, 0.3) is 0 Å². The second kappa shape index (κ2) is 9.38. The van der Waals surface area contributed by atoms with Crippen molar-refractivity contribution in [2.24, 2.45) is 5.41 Å². The first-order valence-electron chi connectivity index (χ1n) is 11.8. The Balaban J connectivity index is 0.00000112. The Hall–Kier alpha value is -2.42. The summed E-state index contributed by atoms with van der Waals surface area (Å²) in [7, 11) is 0. The summed E-state index contributed by atoms with van der Waals surface area (Å²) in [4.78, 5) is 2.54. The quantitative estimate of drug-likeness (QED) is 0.531. The third-order valence-electron chi connectivity index (χ3n) is 7.37. The predicted molar refractivity (Wildman–Crippen MR) is 130 cm³/mol. The maximum absolute atomic E-state index is 12.4. The summed E-state index contributed by atoms with van der Waals surface area (Å²) in [5, 5.41) is 12.4. The maximum atomic E-state index is 12.4. The predicted octanol–water partition coefficient (Wildman–Crippen LogP) is 6.30. The van der Waals surface area contributed by atoms with Crippen LogP contribution in [0.4, 0.5) is 0 Å². The third kappa shape index (κ3) is 4.20. The van der Waals surface area contributed by atoms with Crippen LogP contribution in [0.2, 0.25) is 0 Å². The number of fused-ring (bicyclic) bond motifs is 3. The maximum Gasteiger partial charge on any atom is 0.0993 e. The monoisotopic (exact) mass is 413 g/mol. The number of aliphatic hydroxyl groups is 1. The minimum Gasteiger partial charge on any atom is -0.384 e. The Bertz CT molecular complexity index is 929. The molecule has 0 spiro atoms. The first-order valence-corrected chi connectivity index (χ1v) is 11.8. The molecule has 1 atom stereocenters. The second-order valence-corrected chi connectivity index (χ2v) is 8.84. The molecule has 1 N–H and O–H groups in total. The zero-order chi connectivity index (χ0) is 21.7. The largest absolute Gasteiger partial charge is 0.384 e. The van der Waals surface area contributed by atoms with Crippen molar-refractivity contribution in [1.82, 2.24) is 4.90 Å². The SMILES string of the molecule is CC.OC(Cc1ccccc1)(c1ccc(-c2ccccc2)cc1)C12CCN(CC1)CC2. The van der Waals surface area contributed by atoms with Crippen molar-refractivity contribution in [3.8, 4) is 11.1 Å². The van der Waals surface area contributed by atoms with Gasteiger partial charge in [0.2, 0.25) is 0 Å². The van der Waals surface area contributed by atoms with Gasteiger partial charge in [-0.15, -0.1) is 0 Å². The highest BCUT2D eigenvalue weighted by molar-refractivity contribution is 5.63. The summed E-state index contributed by atoms with van der Waals surface area (Å²) >= 11 is 0. The fraction of sp³-hybridized carbons (Fsp3) is 0.379. The lowest BCUT2D eigenvalue weighted by Gasteiger charge is -2.56. The highest BCUT2D eigenvalue weighted by Gasteiger charge is 2.54. The van der Waals surface area contributed by atoms with Gasteiger partial charge in [-0.3, -0.25) is 0 Å². The average molecular weight is 414 g/mol.